The molecule has 0 radical (unpaired) electrons. The molecule has 0 bridgehead atoms. The van der Waals surface area contributed by atoms with Crippen LogP contribution in [0, 0.1) is 0 Å². The van der Waals surface area contributed by atoms with E-state index in [1.807, 2.05) is 12.1 Å². The normalized spacial score (nSPS) is 17.0. The van der Waals surface area contributed by atoms with Gasteiger partial charge in [0.2, 0.25) is 5.88 Å². The van der Waals surface area contributed by atoms with Crippen LogP contribution in [0.4, 0.5) is 0 Å². The fourth-order valence-electron chi connectivity index (χ4n) is 1.00. The van der Waals surface area contributed by atoms with E-state index >= 15 is 0 Å². The Bertz CT molecular complexity index is 298. The lowest BCUT2D eigenvalue weighted by Gasteiger charge is -2.05. The Hall–Kier alpha value is -1.64. The Morgan fingerprint density at radius 1 is 1.42 bits per heavy atom. The topological polar surface area (TPSA) is 34.5 Å². The molecule has 1 aromatic heterocycles. The van der Waals surface area contributed by atoms with E-state index in [0.29, 0.717) is 12.4 Å². The van der Waals surface area contributed by atoms with Gasteiger partial charge in [0.05, 0.1) is 12.8 Å². The summed E-state index contributed by atoms with van der Waals surface area (Å²) < 4.78 is 5.25. The van der Waals surface area contributed by atoms with Crippen LogP contribution in [-0.2, 0) is 6.54 Å². The summed E-state index contributed by atoms with van der Waals surface area (Å²) in [7, 11) is 0. The maximum absolute atomic E-state index is 5.25. The fraction of sp³-hybridized carbons (Fsp3) is 0.111. The lowest BCUT2D eigenvalue weighted by Crippen LogP contribution is -1.95. The highest BCUT2D eigenvalue weighted by Gasteiger charge is 2.02. The number of rotatable bonds is 0. The highest BCUT2D eigenvalue weighted by Crippen LogP contribution is 2.16. The molecule has 3 nitrogen and oxygen atoms in total. The Morgan fingerprint density at radius 2 is 2.42 bits per heavy atom. The van der Waals surface area contributed by atoms with Gasteiger partial charge in [-0.25, -0.2) is 4.98 Å². The molecule has 1 aliphatic rings. The average Bonchev–Trinajstić information content (AvgIpc) is 2.06. The van der Waals surface area contributed by atoms with Crippen LogP contribution in [-0.4, -0.2) is 11.2 Å². The molecule has 3 heteroatoms. The van der Waals surface area contributed by atoms with Crippen molar-refractivity contribution in [1.29, 1.82) is 0 Å². The average molecular weight is 160 g/mol. The molecule has 0 fully saturated rings. The molecule has 2 heterocycles. The molecular formula is C9H8N2O. The zero-order chi connectivity index (χ0) is 8.23. The first kappa shape index (κ1) is 7.03. The van der Waals surface area contributed by atoms with Crippen molar-refractivity contribution in [2.45, 2.75) is 6.54 Å². The highest BCUT2D eigenvalue weighted by atomic mass is 16.5. The predicted molar refractivity (Wildman–Crippen MR) is 46.2 cm³/mol. The van der Waals surface area contributed by atoms with Gasteiger partial charge in [0.15, 0.2) is 0 Å². The Morgan fingerprint density at radius 3 is 3.42 bits per heavy atom. The van der Waals surface area contributed by atoms with E-state index in [4.69, 9.17) is 4.74 Å². The first-order valence-corrected chi connectivity index (χ1v) is 3.72. The summed E-state index contributed by atoms with van der Waals surface area (Å²) in [6.07, 6.45) is 6.75. The van der Waals surface area contributed by atoms with Crippen LogP contribution < -0.4 is 4.74 Å². The fourth-order valence-corrected chi connectivity index (χ4v) is 1.00. The number of allylic oxidation sites excluding steroid dienone is 1. The van der Waals surface area contributed by atoms with Gasteiger partial charge in [0.1, 0.15) is 0 Å². The number of pyridine rings is 1. The van der Waals surface area contributed by atoms with Crippen molar-refractivity contribution in [3.05, 3.63) is 36.2 Å². The van der Waals surface area contributed by atoms with E-state index in [-0.39, 0.29) is 0 Å². The molecule has 0 saturated carbocycles. The largest absolute Gasteiger partial charge is 0.446 e. The first-order valence-electron chi connectivity index (χ1n) is 3.72. The van der Waals surface area contributed by atoms with Crippen LogP contribution in [0.3, 0.4) is 0 Å². The van der Waals surface area contributed by atoms with Crippen LogP contribution in [0.2, 0.25) is 0 Å². The quantitative estimate of drug-likeness (QED) is 0.577. The third-order valence-corrected chi connectivity index (χ3v) is 1.56. The minimum atomic E-state index is 0.632. The third-order valence-electron chi connectivity index (χ3n) is 1.56. The number of hydrogen-bond donors (Lipinski definition) is 0. The summed E-state index contributed by atoms with van der Waals surface area (Å²) in [6.45, 7) is 0.632. The molecular weight excluding hydrogens is 152 g/mol. The van der Waals surface area contributed by atoms with Crippen molar-refractivity contribution < 1.29 is 4.74 Å². The molecule has 0 aliphatic carbocycles. The van der Waals surface area contributed by atoms with Crippen LogP contribution in [0.5, 0.6) is 5.88 Å². The standard InChI is InChI=1S/C9H8N2O/c1-3-8-7-10-4-2-6-12-9(8)11-5-1/h1-6H,7H2/b6-2-,10-4?. The molecule has 0 saturated heterocycles. The van der Waals surface area contributed by atoms with E-state index in [0.717, 1.165) is 5.56 Å². The highest BCUT2D eigenvalue weighted by molar-refractivity contribution is 5.70. The summed E-state index contributed by atoms with van der Waals surface area (Å²) in [4.78, 5) is 8.21. The lowest BCUT2D eigenvalue weighted by molar-refractivity contribution is 0.454. The summed E-state index contributed by atoms with van der Waals surface area (Å²) >= 11 is 0. The molecule has 0 amide bonds. The summed E-state index contributed by atoms with van der Waals surface area (Å²) in [5.41, 5.74) is 1.01. The van der Waals surface area contributed by atoms with Crippen LogP contribution >= 0.6 is 0 Å². The lowest BCUT2D eigenvalue weighted by atomic mass is 10.3. The molecule has 0 N–H and O–H groups in total. The van der Waals surface area contributed by atoms with Gasteiger partial charge >= 0.3 is 0 Å². The molecule has 0 spiro atoms. The van der Waals surface area contributed by atoms with E-state index < -0.39 is 0 Å². The van der Waals surface area contributed by atoms with Crippen LogP contribution in [0.25, 0.3) is 0 Å². The molecule has 2 rings (SSSR count). The van der Waals surface area contributed by atoms with Crippen molar-refractivity contribution >= 4 is 6.21 Å². The Balaban J connectivity index is 2.40. The number of aliphatic imine (C=N–C) groups is 1. The maximum atomic E-state index is 5.25. The second-order valence-corrected chi connectivity index (χ2v) is 2.40. The summed E-state index contributed by atoms with van der Waals surface area (Å²) in [5, 5.41) is 0. The van der Waals surface area contributed by atoms with Gasteiger partial charge in [-0.1, -0.05) is 6.07 Å². The van der Waals surface area contributed by atoms with Gasteiger partial charge in [-0.15, -0.1) is 0 Å². The van der Waals surface area contributed by atoms with E-state index in [9.17, 15) is 0 Å². The van der Waals surface area contributed by atoms with Crippen LogP contribution in [0.1, 0.15) is 5.56 Å². The van der Waals surface area contributed by atoms with E-state index in [2.05, 4.69) is 9.98 Å². The number of aromatic nitrogens is 1. The molecule has 0 unspecified atom stereocenters. The number of fused-ring (bicyclic) bond motifs is 1. The molecule has 60 valence electrons. The van der Waals surface area contributed by atoms with Gasteiger partial charge < -0.3 is 4.74 Å². The number of ether oxygens (including phenoxy) is 1. The molecule has 1 aliphatic heterocycles. The van der Waals surface area contributed by atoms with Crippen molar-refractivity contribution in [3.63, 3.8) is 0 Å². The summed E-state index contributed by atoms with van der Waals surface area (Å²) in [5.74, 6) is 0.644. The first-order chi connectivity index (χ1) is 5.97. The minimum Gasteiger partial charge on any atom is -0.446 e. The molecule has 12 heavy (non-hydrogen) atoms. The zero-order valence-corrected chi connectivity index (χ0v) is 6.47. The second-order valence-electron chi connectivity index (χ2n) is 2.40. The minimum absolute atomic E-state index is 0.632. The second kappa shape index (κ2) is 3.17. The maximum Gasteiger partial charge on any atom is 0.223 e. The monoisotopic (exact) mass is 160 g/mol. The molecule has 0 aromatic carbocycles. The van der Waals surface area contributed by atoms with Gasteiger partial charge in [-0.2, -0.15) is 0 Å². The predicted octanol–water partition coefficient (Wildman–Crippen LogP) is 1.56. The van der Waals surface area contributed by atoms with E-state index in [1.54, 1.807) is 24.7 Å². The van der Waals surface area contributed by atoms with Crippen molar-refractivity contribution in [2.24, 2.45) is 4.99 Å². The zero-order valence-electron chi connectivity index (χ0n) is 6.47. The Labute approximate surface area is 70.4 Å². The van der Waals surface area contributed by atoms with E-state index in [1.165, 1.54) is 0 Å². The van der Waals surface area contributed by atoms with Gasteiger partial charge in [0.25, 0.3) is 0 Å². The number of nitrogens with zero attached hydrogens (tertiary/aromatic N) is 2. The summed E-state index contributed by atoms with van der Waals surface area (Å²) in [6, 6.07) is 3.84. The van der Waals surface area contributed by atoms with Gasteiger partial charge in [-0.3, -0.25) is 4.99 Å². The molecule has 1 aromatic rings. The van der Waals surface area contributed by atoms with Crippen molar-refractivity contribution in [2.75, 3.05) is 0 Å². The van der Waals surface area contributed by atoms with Crippen LogP contribution in [0.15, 0.2) is 35.7 Å². The smallest absolute Gasteiger partial charge is 0.223 e. The van der Waals surface area contributed by atoms with Gasteiger partial charge in [0, 0.05) is 18.0 Å². The Kier molecular flexibility index (Phi) is 1.86. The SMILES string of the molecule is C1=NCc2cccnc2O/C=C\1. The number of hydrogen-bond acceptors (Lipinski definition) is 3. The third kappa shape index (κ3) is 1.34. The van der Waals surface area contributed by atoms with Crippen molar-refractivity contribution in [3.8, 4) is 5.88 Å². The van der Waals surface area contributed by atoms with Crippen molar-refractivity contribution in [1.82, 2.24) is 4.98 Å². The molecule has 0 atom stereocenters. The van der Waals surface area contributed by atoms with Gasteiger partial charge in [-0.05, 0) is 12.1 Å².